The minimum atomic E-state index is -0.390. The Morgan fingerprint density at radius 2 is 1.94 bits per heavy atom. The van der Waals surface area contributed by atoms with E-state index in [1.54, 1.807) is 6.08 Å². The van der Waals surface area contributed by atoms with Gasteiger partial charge in [-0.3, -0.25) is 0 Å². The molecule has 0 aromatic heterocycles. The Morgan fingerprint density at radius 3 is 2.50 bits per heavy atom. The number of carbonyl (C=O) groups excluding carboxylic acids is 1. The third-order valence-electron chi connectivity index (χ3n) is 1.97. The number of carbonyl (C=O) groups is 1. The highest BCUT2D eigenvalue weighted by Gasteiger charge is 2.06. The van der Waals surface area contributed by atoms with E-state index in [-0.39, 0.29) is 6.61 Å². The lowest BCUT2D eigenvalue weighted by Gasteiger charge is -2.04. The van der Waals surface area contributed by atoms with Gasteiger partial charge in [0.05, 0.1) is 5.57 Å². The van der Waals surface area contributed by atoms with Gasteiger partial charge in [-0.1, -0.05) is 55.6 Å². The maximum absolute atomic E-state index is 11.5. The smallest absolute Gasteiger partial charge is 0.338 e. The van der Waals surface area contributed by atoms with Gasteiger partial charge >= 0.3 is 5.97 Å². The zero-order chi connectivity index (χ0) is 11.8. The van der Waals surface area contributed by atoms with E-state index in [4.69, 9.17) is 4.74 Å². The minimum Gasteiger partial charge on any atom is -0.457 e. The summed E-state index contributed by atoms with van der Waals surface area (Å²) >= 11 is 0. The average Bonchev–Trinajstić information content (AvgIpc) is 2.34. The van der Waals surface area contributed by atoms with Crippen molar-refractivity contribution < 1.29 is 9.53 Å². The second-order valence-corrected chi connectivity index (χ2v) is 3.12. The molecule has 0 aliphatic rings. The van der Waals surface area contributed by atoms with Gasteiger partial charge in [0.2, 0.25) is 0 Å². The van der Waals surface area contributed by atoms with Crippen LogP contribution in [-0.4, -0.2) is 5.97 Å². The Hall–Kier alpha value is -2.09. The summed E-state index contributed by atoms with van der Waals surface area (Å²) in [4.78, 5) is 11.5. The number of allylic oxidation sites excluding steroid dienone is 2. The summed E-state index contributed by atoms with van der Waals surface area (Å²) in [5, 5.41) is 0. The van der Waals surface area contributed by atoms with Crippen molar-refractivity contribution in [1.29, 1.82) is 0 Å². The number of esters is 1. The summed E-state index contributed by atoms with van der Waals surface area (Å²) in [6.45, 7) is 7.32. The summed E-state index contributed by atoms with van der Waals surface area (Å²) in [5.41, 5.74) is 1.36. The molecule has 0 aliphatic carbocycles. The predicted octanol–water partition coefficient (Wildman–Crippen LogP) is 3.03. The minimum absolute atomic E-state index is 0.266. The van der Waals surface area contributed by atoms with E-state index in [2.05, 4.69) is 13.2 Å². The molecular weight excluding hydrogens is 200 g/mol. The number of rotatable bonds is 5. The van der Waals surface area contributed by atoms with Crippen molar-refractivity contribution in [1.82, 2.24) is 0 Å². The van der Waals surface area contributed by atoms with Gasteiger partial charge in [0, 0.05) is 0 Å². The summed E-state index contributed by atoms with van der Waals surface area (Å²) in [6, 6.07) is 9.52. The van der Waals surface area contributed by atoms with E-state index >= 15 is 0 Å². The van der Waals surface area contributed by atoms with Gasteiger partial charge in [0.1, 0.15) is 6.61 Å². The van der Waals surface area contributed by atoms with Gasteiger partial charge in [-0.05, 0) is 11.6 Å². The molecule has 1 aromatic rings. The van der Waals surface area contributed by atoms with Crippen molar-refractivity contribution in [3.8, 4) is 0 Å². The van der Waals surface area contributed by atoms with Crippen LogP contribution in [0.25, 0.3) is 0 Å². The van der Waals surface area contributed by atoms with E-state index in [1.165, 1.54) is 12.2 Å². The third-order valence-corrected chi connectivity index (χ3v) is 1.97. The number of benzene rings is 1. The molecule has 0 bridgehead atoms. The normalized spacial score (nSPS) is 10.6. The first-order chi connectivity index (χ1) is 7.77. The van der Waals surface area contributed by atoms with Crippen LogP contribution in [-0.2, 0) is 16.1 Å². The van der Waals surface area contributed by atoms with Crippen LogP contribution < -0.4 is 0 Å². The van der Waals surface area contributed by atoms with Gasteiger partial charge in [0.15, 0.2) is 0 Å². The Bertz CT molecular complexity index is 402. The first kappa shape index (κ1) is 12.0. The summed E-state index contributed by atoms with van der Waals surface area (Å²) in [7, 11) is 0. The lowest BCUT2D eigenvalue weighted by atomic mass is 10.2. The molecule has 0 unspecified atom stereocenters. The van der Waals surface area contributed by atoms with Crippen molar-refractivity contribution in [3.05, 3.63) is 72.9 Å². The molecule has 1 aromatic carbocycles. The number of hydrogen-bond donors (Lipinski definition) is 0. The molecule has 0 N–H and O–H groups in total. The van der Waals surface area contributed by atoms with Crippen molar-refractivity contribution in [2.24, 2.45) is 0 Å². The fourth-order valence-electron chi connectivity index (χ4n) is 1.15. The summed E-state index contributed by atoms with van der Waals surface area (Å²) in [5.74, 6) is -0.390. The standard InChI is InChI=1S/C14H14O2/c1-3-8-13(4-2)14(15)16-11-12-9-6-5-7-10-12/h3-10H,1-2,11H2/b13-8+. The topological polar surface area (TPSA) is 26.3 Å². The van der Waals surface area contributed by atoms with Crippen molar-refractivity contribution in [2.45, 2.75) is 6.61 Å². The van der Waals surface area contributed by atoms with Gasteiger partial charge in [0.25, 0.3) is 0 Å². The molecule has 2 nitrogen and oxygen atoms in total. The van der Waals surface area contributed by atoms with Crippen LogP contribution in [0.2, 0.25) is 0 Å². The largest absolute Gasteiger partial charge is 0.457 e. The molecule has 0 heterocycles. The van der Waals surface area contributed by atoms with E-state index in [1.807, 2.05) is 30.3 Å². The van der Waals surface area contributed by atoms with Crippen molar-refractivity contribution in [3.63, 3.8) is 0 Å². The summed E-state index contributed by atoms with van der Waals surface area (Å²) < 4.78 is 5.11. The molecule has 82 valence electrons. The van der Waals surface area contributed by atoms with Crippen LogP contribution in [0, 0.1) is 0 Å². The molecule has 0 spiro atoms. The van der Waals surface area contributed by atoms with Gasteiger partial charge in [-0.25, -0.2) is 4.79 Å². The zero-order valence-corrected chi connectivity index (χ0v) is 9.06. The Labute approximate surface area is 95.6 Å². The molecule has 0 saturated carbocycles. The lowest BCUT2D eigenvalue weighted by Crippen LogP contribution is -2.06. The van der Waals surface area contributed by atoms with E-state index < -0.39 is 5.97 Å². The van der Waals surface area contributed by atoms with Gasteiger partial charge in [-0.15, -0.1) is 0 Å². The zero-order valence-electron chi connectivity index (χ0n) is 9.06. The first-order valence-corrected chi connectivity index (χ1v) is 4.94. The van der Waals surface area contributed by atoms with Crippen LogP contribution in [0.4, 0.5) is 0 Å². The van der Waals surface area contributed by atoms with Gasteiger partial charge < -0.3 is 4.74 Å². The highest BCUT2D eigenvalue weighted by molar-refractivity contribution is 5.91. The molecular formula is C14H14O2. The lowest BCUT2D eigenvalue weighted by molar-refractivity contribution is -0.139. The van der Waals surface area contributed by atoms with E-state index in [9.17, 15) is 4.79 Å². The molecule has 0 fully saturated rings. The molecule has 0 radical (unpaired) electrons. The molecule has 0 aliphatic heterocycles. The first-order valence-electron chi connectivity index (χ1n) is 4.94. The van der Waals surface area contributed by atoms with Crippen LogP contribution in [0.5, 0.6) is 0 Å². The maximum Gasteiger partial charge on any atom is 0.338 e. The molecule has 16 heavy (non-hydrogen) atoms. The fourth-order valence-corrected chi connectivity index (χ4v) is 1.15. The number of hydrogen-bond acceptors (Lipinski definition) is 2. The van der Waals surface area contributed by atoms with Gasteiger partial charge in [-0.2, -0.15) is 0 Å². The molecule has 0 atom stereocenters. The monoisotopic (exact) mass is 214 g/mol. The SMILES string of the molecule is C=C/C=C(\C=C)C(=O)OCc1ccccc1. The molecule has 0 saturated heterocycles. The third kappa shape index (κ3) is 3.58. The van der Waals surface area contributed by atoms with E-state index in [0.717, 1.165) is 5.56 Å². The van der Waals surface area contributed by atoms with Crippen LogP contribution in [0.15, 0.2) is 67.3 Å². The van der Waals surface area contributed by atoms with Crippen molar-refractivity contribution in [2.75, 3.05) is 0 Å². The number of ether oxygens (including phenoxy) is 1. The quantitative estimate of drug-likeness (QED) is 0.428. The Kier molecular flexibility index (Phi) is 4.80. The Morgan fingerprint density at radius 1 is 1.25 bits per heavy atom. The molecule has 2 heteroatoms. The highest BCUT2D eigenvalue weighted by atomic mass is 16.5. The van der Waals surface area contributed by atoms with E-state index in [0.29, 0.717) is 5.57 Å². The Balaban J connectivity index is 2.56. The predicted molar refractivity (Wildman–Crippen MR) is 64.7 cm³/mol. The van der Waals surface area contributed by atoms with Crippen molar-refractivity contribution >= 4 is 5.97 Å². The molecule has 1 rings (SSSR count). The maximum atomic E-state index is 11.5. The highest BCUT2D eigenvalue weighted by Crippen LogP contribution is 2.05. The van der Waals surface area contributed by atoms with Crippen LogP contribution in [0.3, 0.4) is 0 Å². The second kappa shape index (κ2) is 6.40. The molecule has 0 amide bonds. The second-order valence-electron chi connectivity index (χ2n) is 3.12. The fraction of sp³-hybridized carbons (Fsp3) is 0.0714. The van der Waals surface area contributed by atoms with Crippen LogP contribution in [0.1, 0.15) is 5.56 Å². The van der Waals surface area contributed by atoms with Crippen LogP contribution >= 0.6 is 0 Å². The average molecular weight is 214 g/mol. The summed E-state index contributed by atoms with van der Waals surface area (Å²) in [6.07, 6.45) is 4.55.